The molecule has 0 heterocycles. The molecule has 0 amide bonds. The number of halogens is 1. The van der Waals surface area contributed by atoms with Crippen molar-refractivity contribution >= 4 is 0 Å². The Morgan fingerprint density at radius 1 is 0.529 bits per heavy atom. The van der Waals surface area contributed by atoms with E-state index < -0.39 is 12.6 Å². The summed E-state index contributed by atoms with van der Waals surface area (Å²) in [5, 5.41) is 22.2. The molecule has 0 bridgehead atoms. The van der Waals surface area contributed by atoms with E-state index >= 15 is 0 Å². The van der Waals surface area contributed by atoms with E-state index in [-0.39, 0.29) is 29.1 Å². The van der Waals surface area contributed by atoms with Crippen molar-refractivity contribution in [3.63, 3.8) is 0 Å². The molecule has 0 saturated carbocycles. The summed E-state index contributed by atoms with van der Waals surface area (Å²) in [6, 6.07) is -0.118. The Bertz CT molecular complexity index is 389. The molecule has 0 spiro atoms. The SMILES string of the molecule is CCCCCCCC[N+](CCCCCCCC)(C(CC)C(O)OCC)C(CC)C(O)OCC.[Br-]. The average Bonchev–Trinajstić information content (AvgIpc) is 2.79. The summed E-state index contributed by atoms with van der Waals surface area (Å²) in [6.45, 7) is 15.6. The van der Waals surface area contributed by atoms with Crippen LogP contribution >= 0.6 is 0 Å². The third kappa shape index (κ3) is 13.5. The molecule has 6 heteroatoms. The maximum atomic E-state index is 11.1. The van der Waals surface area contributed by atoms with Gasteiger partial charge < -0.3 is 41.2 Å². The van der Waals surface area contributed by atoms with Crippen LogP contribution in [0.1, 0.15) is 131 Å². The first-order valence-corrected chi connectivity index (χ1v) is 14.4. The minimum absolute atomic E-state index is 0. The van der Waals surface area contributed by atoms with Crippen molar-refractivity contribution in [2.75, 3.05) is 26.3 Å². The van der Waals surface area contributed by atoms with E-state index in [4.69, 9.17) is 9.47 Å². The van der Waals surface area contributed by atoms with Gasteiger partial charge in [0.1, 0.15) is 12.1 Å². The molecular weight excluding hydrogens is 494 g/mol. The number of ether oxygens (including phenoxy) is 2. The predicted molar refractivity (Wildman–Crippen MR) is 140 cm³/mol. The van der Waals surface area contributed by atoms with Crippen molar-refractivity contribution in [1.82, 2.24) is 0 Å². The number of quaternary nitrogens is 1. The minimum atomic E-state index is -0.817. The summed E-state index contributed by atoms with van der Waals surface area (Å²) >= 11 is 0. The Morgan fingerprint density at radius 3 is 1.15 bits per heavy atom. The monoisotopic (exact) mass is 553 g/mol. The van der Waals surface area contributed by atoms with Gasteiger partial charge in [-0.1, -0.05) is 79.1 Å². The minimum Gasteiger partial charge on any atom is -1.00 e. The van der Waals surface area contributed by atoms with Crippen LogP contribution in [0.2, 0.25) is 0 Å². The van der Waals surface area contributed by atoms with E-state index in [0.717, 1.165) is 38.8 Å². The highest BCUT2D eigenvalue weighted by atomic mass is 79.9. The molecule has 0 radical (unpaired) electrons. The van der Waals surface area contributed by atoms with E-state index in [1.165, 1.54) is 64.2 Å². The second-order valence-corrected chi connectivity index (χ2v) is 9.73. The van der Waals surface area contributed by atoms with Crippen LogP contribution in [0.4, 0.5) is 0 Å². The normalized spacial score (nSPS) is 15.5. The lowest BCUT2D eigenvalue weighted by atomic mass is 9.97. The largest absolute Gasteiger partial charge is 1.00 e. The summed E-state index contributed by atoms with van der Waals surface area (Å²) in [5.74, 6) is 0. The van der Waals surface area contributed by atoms with Gasteiger partial charge in [0.25, 0.3) is 0 Å². The topological polar surface area (TPSA) is 58.9 Å². The number of unbranched alkanes of at least 4 members (excludes halogenated alkanes) is 10. The Labute approximate surface area is 223 Å². The second kappa shape index (κ2) is 23.7. The molecule has 0 fully saturated rings. The fraction of sp³-hybridized carbons (Fsp3) is 1.00. The molecule has 4 atom stereocenters. The van der Waals surface area contributed by atoms with Crippen LogP contribution in [0.3, 0.4) is 0 Å². The molecule has 34 heavy (non-hydrogen) atoms. The molecule has 0 aromatic carbocycles. The zero-order valence-electron chi connectivity index (χ0n) is 23.6. The highest BCUT2D eigenvalue weighted by Gasteiger charge is 2.48. The number of aliphatic hydroxyl groups is 2. The van der Waals surface area contributed by atoms with Crippen molar-refractivity contribution in [3.8, 4) is 0 Å². The van der Waals surface area contributed by atoms with Crippen molar-refractivity contribution in [1.29, 1.82) is 0 Å². The molecule has 5 nitrogen and oxygen atoms in total. The average molecular weight is 555 g/mol. The van der Waals surface area contributed by atoms with E-state index in [0.29, 0.717) is 17.7 Å². The van der Waals surface area contributed by atoms with E-state index in [1.807, 2.05) is 13.8 Å². The zero-order valence-corrected chi connectivity index (χ0v) is 25.2. The number of hydrogen-bond acceptors (Lipinski definition) is 4. The van der Waals surface area contributed by atoms with E-state index in [2.05, 4.69) is 27.7 Å². The van der Waals surface area contributed by atoms with Gasteiger partial charge in [0, 0.05) is 26.1 Å². The zero-order chi connectivity index (χ0) is 25.0. The quantitative estimate of drug-likeness (QED) is 0.108. The van der Waals surface area contributed by atoms with Gasteiger partial charge in [0.2, 0.25) is 12.6 Å². The molecule has 0 aliphatic rings. The van der Waals surface area contributed by atoms with Gasteiger partial charge in [-0.3, -0.25) is 0 Å². The fourth-order valence-corrected chi connectivity index (χ4v) is 5.60. The van der Waals surface area contributed by atoms with Crippen LogP contribution in [-0.2, 0) is 9.47 Å². The molecule has 0 aliphatic carbocycles. The maximum Gasteiger partial charge on any atom is 0.208 e. The Hall–Kier alpha value is 0.280. The molecule has 0 aliphatic heterocycles. The van der Waals surface area contributed by atoms with Crippen LogP contribution in [0.15, 0.2) is 0 Å². The van der Waals surface area contributed by atoms with Crippen molar-refractivity contribution in [3.05, 3.63) is 0 Å². The maximum absolute atomic E-state index is 11.1. The highest BCUT2D eigenvalue weighted by Crippen LogP contribution is 2.32. The van der Waals surface area contributed by atoms with Gasteiger partial charge in [-0.2, -0.15) is 0 Å². The summed E-state index contributed by atoms with van der Waals surface area (Å²) in [6.07, 6.45) is 14.9. The van der Waals surface area contributed by atoms with Crippen LogP contribution < -0.4 is 17.0 Å². The second-order valence-electron chi connectivity index (χ2n) is 9.73. The van der Waals surface area contributed by atoms with Gasteiger partial charge in [-0.05, 0) is 39.5 Å². The van der Waals surface area contributed by atoms with Crippen LogP contribution in [-0.4, -0.2) is 65.7 Å². The Morgan fingerprint density at radius 2 is 0.853 bits per heavy atom. The first-order valence-electron chi connectivity index (χ1n) is 14.4. The highest BCUT2D eigenvalue weighted by molar-refractivity contribution is 4.72. The number of aliphatic hydroxyl groups excluding tert-OH is 2. The molecule has 4 unspecified atom stereocenters. The predicted octanol–water partition coefficient (Wildman–Crippen LogP) is 3.80. The number of hydrogen-bond donors (Lipinski definition) is 2. The molecule has 0 saturated heterocycles. The summed E-state index contributed by atoms with van der Waals surface area (Å²) < 4.78 is 12.2. The van der Waals surface area contributed by atoms with Crippen LogP contribution in [0, 0.1) is 0 Å². The molecule has 2 N–H and O–H groups in total. The Balaban J connectivity index is 0. The molecule has 0 aromatic rings. The summed E-state index contributed by atoms with van der Waals surface area (Å²) in [7, 11) is 0. The van der Waals surface area contributed by atoms with Crippen molar-refractivity contribution in [2.45, 2.75) is 156 Å². The van der Waals surface area contributed by atoms with Gasteiger partial charge in [0.05, 0.1) is 13.1 Å². The van der Waals surface area contributed by atoms with E-state index in [1.54, 1.807) is 0 Å². The molecular formula is C28H60BrNO4. The van der Waals surface area contributed by atoms with Crippen molar-refractivity contribution in [2.24, 2.45) is 0 Å². The van der Waals surface area contributed by atoms with E-state index in [9.17, 15) is 10.2 Å². The molecule has 208 valence electrons. The molecule has 0 aromatic heterocycles. The first kappa shape index (κ1) is 36.4. The van der Waals surface area contributed by atoms with Gasteiger partial charge in [0.15, 0.2) is 0 Å². The number of rotatable bonds is 24. The smallest absolute Gasteiger partial charge is 0.208 e. The lowest BCUT2D eigenvalue weighted by Gasteiger charge is -2.52. The third-order valence-electron chi connectivity index (χ3n) is 7.35. The summed E-state index contributed by atoms with van der Waals surface area (Å²) in [5.41, 5.74) is 0. The standard InChI is InChI=1S/C28H60NO4.BrH/c1-7-13-15-17-19-21-23-29(24-22-20-18-16-14-8-2,25(9-3)27(30)32-11-5)26(10-4)28(31)33-12-6;/h25-28,30-31H,7-24H2,1-6H3;1H/q+1;/p-1. The van der Waals surface area contributed by atoms with Gasteiger partial charge >= 0.3 is 0 Å². The van der Waals surface area contributed by atoms with Gasteiger partial charge in [-0.25, -0.2) is 0 Å². The molecule has 0 rings (SSSR count). The lowest BCUT2D eigenvalue weighted by molar-refractivity contribution is -0.985. The summed E-state index contributed by atoms with van der Waals surface area (Å²) in [4.78, 5) is 0. The van der Waals surface area contributed by atoms with Crippen molar-refractivity contribution < 1.29 is 41.2 Å². The third-order valence-corrected chi connectivity index (χ3v) is 7.35. The van der Waals surface area contributed by atoms with Gasteiger partial charge in [-0.15, -0.1) is 0 Å². The first-order chi connectivity index (χ1) is 16.0. The van der Waals surface area contributed by atoms with Crippen LogP contribution in [0.25, 0.3) is 0 Å². The lowest BCUT2D eigenvalue weighted by Crippen LogP contribution is -3.00. The fourth-order valence-electron chi connectivity index (χ4n) is 5.60. The number of nitrogens with zero attached hydrogens (tertiary/aromatic N) is 1. The Kier molecular flexibility index (Phi) is 25.4. The van der Waals surface area contributed by atoms with Crippen LogP contribution in [0.5, 0.6) is 0 Å².